The van der Waals surface area contributed by atoms with Gasteiger partial charge in [-0.1, -0.05) is 54.1 Å². The minimum Gasteiger partial charge on any atom is -0.481 e. The van der Waals surface area contributed by atoms with Crippen molar-refractivity contribution in [2.75, 3.05) is 33.3 Å². The second-order valence-corrected chi connectivity index (χ2v) is 10.7. The van der Waals surface area contributed by atoms with Gasteiger partial charge in [0.25, 0.3) is 0 Å². The van der Waals surface area contributed by atoms with Crippen molar-refractivity contribution in [3.8, 4) is 28.3 Å². The Morgan fingerprint density at radius 1 is 1.00 bits per heavy atom. The van der Waals surface area contributed by atoms with Crippen LogP contribution < -0.4 is 4.74 Å². The van der Waals surface area contributed by atoms with E-state index in [-0.39, 0.29) is 11.3 Å². The zero-order valence-electron chi connectivity index (χ0n) is 20.3. The van der Waals surface area contributed by atoms with Crippen LogP contribution in [0.2, 0.25) is 5.02 Å². The van der Waals surface area contributed by atoms with E-state index in [2.05, 4.69) is 47.4 Å². The lowest BCUT2D eigenvalue weighted by Crippen LogP contribution is -2.72. The highest BCUT2D eigenvalue weighted by molar-refractivity contribution is 6.36. The number of hydrogen-bond acceptors (Lipinski definition) is 4. The first-order chi connectivity index (χ1) is 17.0. The van der Waals surface area contributed by atoms with Crippen LogP contribution in [0.1, 0.15) is 30.0 Å². The SMILES string of the molecule is COc1nc(-c2cccc(-c3cccc4c3CCC4)c2Cl)ccc1CN1CC2(C1)CN(C(C)=O)C2. The highest BCUT2D eigenvalue weighted by Gasteiger charge is 2.52. The predicted octanol–water partition coefficient (Wildman–Crippen LogP) is 5.23. The van der Waals surface area contributed by atoms with E-state index in [0.717, 1.165) is 73.0 Å². The number of aryl methyl sites for hydroxylation is 1. The van der Waals surface area contributed by atoms with E-state index < -0.39 is 0 Å². The maximum Gasteiger partial charge on any atom is 0.219 e. The van der Waals surface area contributed by atoms with Gasteiger partial charge < -0.3 is 9.64 Å². The number of rotatable bonds is 5. The number of pyridine rings is 1. The standard InChI is InChI=1S/C29H30ClN3O2/c1-19(34)33-17-29(18-33)15-32(16-29)14-21-12-13-26(31-28(21)35-2)25-11-5-10-24(27(25)30)23-9-4-7-20-6-3-8-22(20)23/h4-5,7,9-13H,3,6,8,14-18H2,1-2H3. The zero-order chi connectivity index (χ0) is 24.2. The van der Waals surface area contributed by atoms with Gasteiger partial charge in [0.1, 0.15) is 0 Å². The highest BCUT2D eigenvalue weighted by atomic mass is 35.5. The summed E-state index contributed by atoms with van der Waals surface area (Å²) in [7, 11) is 1.68. The Bertz CT molecular complexity index is 1310. The van der Waals surface area contributed by atoms with E-state index in [0.29, 0.717) is 5.88 Å². The largest absolute Gasteiger partial charge is 0.481 e. The van der Waals surface area contributed by atoms with E-state index in [1.54, 1.807) is 14.0 Å². The van der Waals surface area contributed by atoms with Gasteiger partial charge in [0.2, 0.25) is 11.8 Å². The molecule has 1 aliphatic carbocycles. The number of ether oxygens (including phenoxy) is 1. The molecule has 2 aliphatic heterocycles. The Morgan fingerprint density at radius 2 is 1.74 bits per heavy atom. The second-order valence-electron chi connectivity index (χ2n) is 10.3. The molecule has 35 heavy (non-hydrogen) atoms. The summed E-state index contributed by atoms with van der Waals surface area (Å²) in [4.78, 5) is 20.7. The molecule has 2 fully saturated rings. The average molecular weight is 488 g/mol. The van der Waals surface area contributed by atoms with Crippen molar-refractivity contribution in [1.29, 1.82) is 0 Å². The Kier molecular flexibility index (Phi) is 5.58. The van der Waals surface area contributed by atoms with Crippen LogP contribution in [0.5, 0.6) is 5.88 Å². The minimum atomic E-state index is 0.176. The Morgan fingerprint density at radius 3 is 2.51 bits per heavy atom. The van der Waals surface area contributed by atoms with Crippen LogP contribution in [-0.4, -0.2) is 54.0 Å². The summed E-state index contributed by atoms with van der Waals surface area (Å²) in [6.45, 7) is 6.23. The molecular weight excluding hydrogens is 458 g/mol. The van der Waals surface area contributed by atoms with Crippen molar-refractivity contribution in [3.63, 3.8) is 0 Å². The molecule has 6 rings (SSSR count). The molecule has 1 spiro atoms. The number of likely N-dealkylation sites (tertiary alicyclic amines) is 2. The molecule has 0 atom stereocenters. The maximum atomic E-state index is 11.5. The van der Waals surface area contributed by atoms with Crippen molar-refractivity contribution >= 4 is 17.5 Å². The number of carbonyl (C=O) groups is 1. The van der Waals surface area contributed by atoms with E-state index in [1.165, 1.54) is 23.1 Å². The third-order valence-corrected chi connectivity index (χ3v) is 8.26. The van der Waals surface area contributed by atoms with Gasteiger partial charge >= 0.3 is 0 Å². The van der Waals surface area contributed by atoms with E-state index in [9.17, 15) is 4.79 Å². The third kappa shape index (κ3) is 3.91. The van der Waals surface area contributed by atoms with Gasteiger partial charge in [-0.2, -0.15) is 0 Å². The molecule has 0 saturated carbocycles. The fraction of sp³-hybridized carbons (Fsp3) is 0.379. The number of aromatic nitrogens is 1. The molecule has 6 heteroatoms. The predicted molar refractivity (Wildman–Crippen MR) is 139 cm³/mol. The quantitative estimate of drug-likeness (QED) is 0.494. The monoisotopic (exact) mass is 487 g/mol. The lowest BCUT2D eigenvalue weighted by Gasteiger charge is -2.60. The zero-order valence-corrected chi connectivity index (χ0v) is 21.1. The maximum absolute atomic E-state index is 11.5. The van der Waals surface area contributed by atoms with Crippen LogP contribution in [-0.2, 0) is 24.2 Å². The number of fused-ring (bicyclic) bond motifs is 1. The van der Waals surface area contributed by atoms with Crippen molar-refractivity contribution in [2.24, 2.45) is 5.41 Å². The van der Waals surface area contributed by atoms with Crippen molar-refractivity contribution in [1.82, 2.24) is 14.8 Å². The fourth-order valence-electron chi connectivity index (χ4n) is 6.17. The number of benzene rings is 2. The first kappa shape index (κ1) is 22.6. The van der Waals surface area contributed by atoms with Crippen molar-refractivity contribution < 1.29 is 9.53 Å². The number of carbonyl (C=O) groups excluding carboxylic acids is 1. The third-order valence-electron chi connectivity index (χ3n) is 7.85. The molecule has 0 N–H and O–H groups in total. The summed E-state index contributed by atoms with van der Waals surface area (Å²) < 4.78 is 5.70. The van der Waals surface area contributed by atoms with Crippen LogP contribution in [0.4, 0.5) is 0 Å². The van der Waals surface area contributed by atoms with E-state index >= 15 is 0 Å². The smallest absolute Gasteiger partial charge is 0.219 e. The lowest BCUT2D eigenvalue weighted by molar-refractivity contribution is -0.157. The molecule has 5 nitrogen and oxygen atoms in total. The van der Waals surface area contributed by atoms with Crippen LogP contribution >= 0.6 is 11.6 Å². The van der Waals surface area contributed by atoms with Gasteiger partial charge in [0, 0.05) is 61.8 Å². The molecule has 2 aromatic carbocycles. The summed E-state index contributed by atoms with van der Waals surface area (Å²) in [6.07, 6.45) is 3.46. The highest BCUT2D eigenvalue weighted by Crippen LogP contribution is 2.42. The summed E-state index contributed by atoms with van der Waals surface area (Å²) in [5.41, 5.74) is 8.28. The summed E-state index contributed by atoms with van der Waals surface area (Å²) in [6, 6.07) is 16.9. The Hall–Kier alpha value is -2.89. The van der Waals surface area contributed by atoms with E-state index in [1.807, 2.05) is 11.0 Å². The van der Waals surface area contributed by atoms with Gasteiger partial charge in [-0.15, -0.1) is 0 Å². The van der Waals surface area contributed by atoms with Gasteiger partial charge in [-0.3, -0.25) is 9.69 Å². The number of methoxy groups -OCH3 is 1. The van der Waals surface area contributed by atoms with Gasteiger partial charge in [-0.25, -0.2) is 4.98 Å². The lowest BCUT2D eigenvalue weighted by atomic mass is 9.72. The summed E-state index contributed by atoms with van der Waals surface area (Å²) >= 11 is 7.00. The molecule has 3 aliphatic rings. The topological polar surface area (TPSA) is 45.7 Å². The van der Waals surface area contributed by atoms with Crippen LogP contribution in [0.3, 0.4) is 0 Å². The van der Waals surface area contributed by atoms with Gasteiger partial charge in [0.05, 0.1) is 17.8 Å². The molecule has 1 amide bonds. The molecule has 1 aromatic heterocycles. The van der Waals surface area contributed by atoms with Crippen LogP contribution in [0, 0.1) is 5.41 Å². The first-order valence-corrected chi connectivity index (χ1v) is 12.8. The molecule has 2 saturated heterocycles. The molecule has 0 bridgehead atoms. The number of hydrogen-bond donors (Lipinski definition) is 0. The van der Waals surface area contributed by atoms with Crippen molar-refractivity contribution in [3.05, 3.63) is 70.2 Å². The first-order valence-electron chi connectivity index (χ1n) is 12.4. The molecule has 3 aromatic rings. The molecule has 3 heterocycles. The second kappa shape index (κ2) is 8.65. The van der Waals surface area contributed by atoms with Crippen molar-refractivity contribution in [2.45, 2.75) is 32.7 Å². The number of nitrogens with zero attached hydrogens (tertiary/aromatic N) is 3. The Labute approximate surface area is 211 Å². The molecule has 0 radical (unpaired) electrons. The van der Waals surface area contributed by atoms with Crippen LogP contribution in [0.25, 0.3) is 22.4 Å². The number of amides is 1. The molecule has 180 valence electrons. The normalized spacial score (nSPS) is 18.2. The van der Waals surface area contributed by atoms with Crippen LogP contribution in [0.15, 0.2) is 48.5 Å². The van der Waals surface area contributed by atoms with Gasteiger partial charge in [-0.05, 0) is 42.0 Å². The van der Waals surface area contributed by atoms with E-state index in [4.69, 9.17) is 21.3 Å². The van der Waals surface area contributed by atoms with Gasteiger partial charge in [0.15, 0.2) is 0 Å². The molecule has 0 unspecified atom stereocenters. The number of halogens is 1. The summed E-state index contributed by atoms with van der Waals surface area (Å²) in [5, 5.41) is 0.736. The Balaban J connectivity index is 1.23. The average Bonchev–Trinajstić information content (AvgIpc) is 3.29. The minimum absolute atomic E-state index is 0.176. The molecular formula is C29H30ClN3O2. The summed E-state index contributed by atoms with van der Waals surface area (Å²) in [5.74, 6) is 0.819. The fourth-order valence-corrected chi connectivity index (χ4v) is 6.49.